The van der Waals surface area contributed by atoms with Gasteiger partial charge in [-0.05, 0) is 22.4 Å². The van der Waals surface area contributed by atoms with Gasteiger partial charge in [0.15, 0.2) is 5.69 Å². The average Bonchev–Trinajstić information content (AvgIpc) is 2.61. The van der Waals surface area contributed by atoms with Gasteiger partial charge >= 0.3 is 11.8 Å². The molecule has 0 bridgehead atoms. The Morgan fingerprint density at radius 2 is 2.09 bits per heavy atom. The van der Waals surface area contributed by atoms with Crippen molar-refractivity contribution < 1.29 is 24.1 Å². The molecule has 0 aliphatic rings. The minimum Gasteiger partial charge on any atom is -0.481 e. The van der Waals surface area contributed by atoms with Crippen LogP contribution in [0.2, 0.25) is 5.02 Å². The summed E-state index contributed by atoms with van der Waals surface area (Å²) in [6.45, 7) is 3.54. The van der Waals surface area contributed by atoms with E-state index in [1.807, 2.05) is 6.92 Å². The molecule has 118 valence electrons. The Hall–Kier alpha value is -2.08. The maximum atomic E-state index is 13.2. The van der Waals surface area contributed by atoms with Crippen molar-refractivity contribution in [1.82, 2.24) is 4.73 Å². The van der Waals surface area contributed by atoms with Gasteiger partial charge in [-0.2, -0.15) is 0 Å². The average molecular weight is 328 g/mol. The first kappa shape index (κ1) is 16.3. The molecule has 0 spiro atoms. The second kappa shape index (κ2) is 5.96. The number of aliphatic carboxylic acids is 1. The van der Waals surface area contributed by atoms with E-state index in [2.05, 4.69) is 0 Å². The molecule has 2 aromatic rings. The van der Waals surface area contributed by atoms with Crippen molar-refractivity contribution in [2.24, 2.45) is 7.05 Å². The molecule has 2 rings (SSSR count). The van der Waals surface area contributed by atoms with Crippen LogP contribution in [0, 0.1) is 19.7 Å². The summed E-state index contributed by atoms with van der Waals surface area (Å²) in [5, 5.41) is 19.6. The van der Waals surface area contributed by atoms with Crippen molar-refractivity contribution in [3.63, 3.8) is 0 Å². The van der Waals surface area contributed by atoms with Gasteiger partial charge in [0.2, 0.25) is 0 Å². The molecule has 0 aliphatic carbocycles. The van der Waals surface area contributed by atoms with Crippen LogP contribution in [0.5, 0.6) is 0 Å². The van der Waals surface area contributed by atoms with Crippen LogP contribution < -0.4 is 4.57 Å². The molecule has 2 N–H and O–H groups in total. The molecule has 0 saturated carbocycles. The molecule has 1 aromatic heterocycles. The summed E-state index contributed by atoms with van der Waals surface area (Å²) in [5.41, 5.74) is 1.85. The van der Waals surface area contributed by atoms with E-state index in [1.54, 1.807) is 18.5 Å². The number of carboxylic acids is 1. The molecule has 0 amide bonds. The number of aromatic nitrogens is 2. The molecule has 1 atom stereocenters. The summed E-state index contributed by atoms with van der Waals surface area (Å²) < 4.78 is 15.9. The molecule has 1 aromatic carbocycles. The van der Waals surface area contributed by atoms with Crippen LogP contribution in [0.25, 0.3) is 0 Å². The van der Waals surface area contributed by atoms with Gasteiger partial charge in [0.1, 0.15) is 17.4 Å². The second-order valence-electron chi connectivity index (χ2n) is 5.22. The SMILES string of the molecule is Cc1c(C)[n+](C)c([C@H](CC(=O)O)c2ccc(F)cc2Cl)n1O. The van der Waals surface area contributed by atoms with Gasteiger partial charge in [-0.1, -0.05) is 17.7 Å². The van der Waals surface area contributed by atoms with Crippen molar-refractivity contribution in [3.8, 4) is 0 Å². The van der Waals surface area contributed by atoms with Crippen molar-refractivity contribution in [2.45, 2.75) is 26.2 Å². The lowest BCUT2D eigenvalue weighted by molar-refractivity contribution is -0.686. The number of carbonyl (C=O) groups is 1. The lowest BCUT2D eigenvalue weighted by Crippen LogP contribution is -2.37. The lowest BCUT2D eigenvalue weighted by Gasteiger charge is -2.14. The maximum absolute atomic E-state index is 13.2. The van der Waals surface area contributed by atoms with Crippen LogP contribution in [-0.4, -0.2) is 21.0 Å². The van der Waals surface area contributed by atoms with Crippen LogP contribution >= 0.6 is 11.6 Å². The molecule has 0 fully saturated rings. The Balaban J connectivity index is 2.66. The van der Waals surface area contributed by atoms with Gasteiger partial charge in [0, 0.05) is 18.9 Å². The molecule has 7 heteroatoms. The second-order valence-corrected chi connectivity index (χ2v) is 5.62. The van der Waals surface area contributed by atoms with E-state index in [0.29, 0.717) is 17.1 Å². The highest BCUT2D eigenvalue weighted by molar-refractivity contribution is 6.31. The molecule has 0 radical (unpaired) electrons. The van der Waals surface area contributed by atoms with E-state index in [4.69, 9.17) is 11.6 Å². The molecule has 22 heavy (non-hydrogen) atoms. The first-order valence-corrected chi connectivity index (χ1v) is 7.05. The fraction of sp³-hybridized carbons (Fsp3) is 0.333. The molecule has 0 saturated heterocycles. The fourth-order valence-corrected chi connectivity index (χ4v) is 2.86. The van der Waals surface area contributed by atoms with Crippen molar-refractivity contribution in [2.75, 3.05) is 0 Å². The zero-order valence-corrected chi connectivity index (χ0v) is 13.2. The third kappa shape index (κ3) is 2.78. The van der Waals surface area contributed by atoms with Gasteiger partial charge in [0.05, 0.1) is 13.5 Å². The minimum atomic E-state index is -1.04. The molecule has 0 aliphatic heterocycles. The van der Waals surface area contributed by atoms with Gasteiger partial charge in [-0.3, -0.25) is 4.79 Å². The zero-order chi connectivity index (χ0) is 16.6. The van der Waals surface area contributed by atoms with Crippen LogP contribution in [0.3, 0.4) is 0 Å². The highest BCUT2D eigenvalue weighted by atomic mass is 35.5. The Labute approximate surface area is 132 Å². The summed E-state index contributed by atoms with van der Waals surface area (Å²) in [6.07, 6.45) is -0.275. The Morgan fingerprint density at radius 1 is 1.45 bits per heavy atom. The molecular weight excluding hydrogens is 311 g/mol. The number of hydrogen-bond acceptors (Lipinski definition) is 2. The summed E-state index contributed by atoms with van der Waals surface area (Å²) in [7, 11) is 1.73. The van der Waals surface area contributed by atoms with Gasteiger partial charge < -0.3 is 10.3 Å². The number of imidazole rings is 1. The standard InChI is InChI=1S/C15H16ClFN2O3/c1-8-9(2)19(22)15(18(8)3)12(7-14(20)21)11-5-4-10(17)6-13(11)16/h4-6,12H,7H2,1-3H3,(H-,20,21,22)/p+1/t12-/m1/s1. The Bertz CT molecular complexity index is 717. The number of halogens is 2. The first-order valence-electron chi connectivity index (χ1n) is 6.67. The van der Waals surface area contributed by atoms with E-state index >= 15 is 0 Å². The minimum absolute atomic E-state index is 0.128. The first-order chi connectivity index (χ1) is 10.2. The maximum Gasteiger partial charge on any atom is 0.304 e. The summed E-state index contributed by atoms with van der Waals surface area (Å²) >= 11 is 6.08. The zero-order valence-electron chi connectivity index (χ0n) is 12.5. The highest BCUT2D eigenvalue weighted by Crippen LogP contribution is 2.32. The third-order valence-electron chi connectivity index (χ3n) is 3.93. The van der Waals surface area contributed by atoms with E-state index in [1.165, 1.54) is 12.1 Å². The van der Waals surface area contributed by atoms with Gasteiger partial charge in [-0.15, -0.1) is 0 Å². The fourth-order valence-electron chi connectivity index (χ4n) is 2.56. The Kier molecular flexibility index (Phi) is 4.42. The summed E-state index contributed by atoms with van der Waals surface area (Å²) in [6, 6.07) is 3.81. The van der Waals surface area contributed by atoms with Gasteiger partial charge in [0.25, 0.3) is 0 Å². The number of nitrogens with zero attached hydrogens (tertiary/aromatic N) is 2. The predicted molar refractivity (Wildman–Crippen MR) is 77.8 cm³/mol. The molecule has 0 unspecified atom stereocenters. The summed E-state index contributed by atoms with van der Waals surface area (Å²) in [4.78, 5) is 11.2. The largest absolute Gasteiger partial charge is 0.481 e. The Morgan fingerprint density at radius 3 is 2.55 bits per heavy atom. The molecule has 5 nitrogen and oxygen atoms in total. The molecule has 1 heterocycles. The van der Waals surface area contributed by atoms with E-state index in [-0.39, 0.29) is 11.4 Å². The van der Waals surface area contributed by atoms with Crippen LogP contribution in [-0.2, 0) is 11.8 Å². The van der Waals surface area contributed by atoms with Crippen LogP contribution in [0.15, 0.2) is 18.2 Å². The molecular formula is C15H17ClFN2O3+. The van der Waals surface area contributed by atoms with E-state index < -0.39 is 17.7 Å². The predicted octanol–water partition coefficient (Wildman–Crippen LogP) is 2.57. The smallest absolute Gasteiger partial charge is 0.304 e. The van der Waals surface area contributed by atoms with Crippen molar-refractivity contribution in [3.05, 3.63) is 51.8 Å². The number of hydrogen-bond donors (Lipinski definition) is 2. The van der Waals surface area contributed by atoms with Crippen molar-refractivity contribution >= 4 is 17.6 Å². The van der Waals surface area contributed by atoms with Crippen LogP contribution in [0.4, 0.5) is 4.39 Å². The number of rotatable bonds is 4. The van der Waals surface area contributed by atoms with Crippen molar-refractivity contribution in [1.29, 1.82) is 0 Å². The van der Waals surface area contributed by atoms with Crippen LogP contribution in [0.1, 0.15) is 35.1 Å². The lowest BCUT2D eigenvalue weighted by atomic mass is 9.94. The quantitative estimate of drug-likeness (QED) is 0.670. The summed E-state index contributed by atoms with van der Waals surface area (Å²) in [5.74, 6) is -1.86. The number of benzene rings is 1. The normalized spacial score (nSPS) is 12.4. The highest BCUT2D eigenvalue weighted by Gasteiger charge is 2.35. The van der Waals surface area contributed by atoms with Gasteiger partial charge in [-0.25, -0.2) is 8.96 Å². The van der Waals surface area contributed by atoms with E-state index in [9.17, 15) is 19.5 Å². The number of carboxylic acid groups (broad SMARTS) is 1. The van der Waals surface area contributed by atoms with E-state index in [0.717, 1.165) is 16.5 Å². The topological polar surface area (TPSA) is 66.3 Å². The third-order valence-corrected chi connectivity index (χ3v) is 4.26. The monoisotopic (exact) mass is 327 g/mol.